The predicted octanol–water partition coefficient (Wildman–Crippen LogP) is 2.77. The SMILES string of the molecule is Nc1nc(OCCF)c(C(=O)NC2CCC(C(F)(F)F)CC2)cc1[N+](=O)[O-]. The molecule has 1 aromatic rings. The van der Waals surface area contributed by atoms with Crippen LogP contribution in [0.4, 0.5) is 29.1 Å². The summed E-state index contributed by atoms with van der Waals surface area (Å²) in [6.45, 7) is -1.33. The Hall–Kier alpha value is -2.66. The Morgan fingerprint density at radius 2 is 2.00 bits per heavy atom. The highest BCUT2D eigenvalue weighted by molar-refractivity contribution is 5.97. The number of nitrogens with one attached hydrogen (secondary N) is 1. The molecule has 150 valence electrons. The molecule has 0 atom stereocenters. The second-order valence-corrected chi connectivity index (χ2v) is 6.10. The number of nitro groups is 1. The van der Waals surface area contributed by atoms with Crippen molar-refractivity contribution in [1.82, 2.24) is 10.3 Å². The fourth-order valence-corrected chi connectivity index (χ4v) is 2.88. The third-order valence-corrected chi connectivity index (χ3v) is 4.28. The fraction of sp³-hybridized carbons (Fsp3) is 0.600. The first-order valence-electron chi connectivity index (χ1n) is 8.14. The molecule has 0 saturated heterocycles. The number of nitrogens with zero attached hydrogens (tertiary/aromatic N) is 2. The normalized spacial score (nSPS) is 20.1. The number of aromatic nitrogens is 1. The van der Waals surface area contributed by atoms with E-state index < -0.39 is 53.8 Å². The van der Waals surface area contributed by atoms with Crippen molar-refractivity contribution in [3.63, 3.8) is 0 Å². The number of nitrogen functional groups attached to an aromatic ring is 1. The molecule has 0 bridgehead atoms. The molecule has 27 heavy (non-hydrogen) atoms. The van der Waals surface area contributed by atoms with Gasteiger partial charge in [0.1, 0.15) is 18.8 Å². The van der Waals surface area contributed by atoms with Crippen molar-refractivity contribution in [2.24, 2.45) is 5.92 Å². The first kappa shape index (κ1) is 20.6. The van der Waals surface area contributed by atoms with Crippen molar-refractivity contribution in [1.29, 1.82) is 0 Å². The van der Waals surface area contributed by atoms with E-state index in [9.17, 15) is 32.5 Å². The molecule has 0 radical (unpaired) electrons. The zero-order valence-electron chi connectivity index (χ0n) is 14.1. The third-order valence-electron chi connectivity index (χ3n) is 4.28. The van der Waals surface area contributed by atoms with Crippen LogP contribution >= 0.6 is 0 Å². The smallest absolute Gasteiger partial charge is 0.391 e. The van der Waals surface area contributed by atoms with Crippen molar-refractivity contribution >= 4 is 17.4 Å². The number of hydrogen-bond acceptors (Lipinski definition) is 6. The lowest BCUT2D eigenvalue weighted by Gasteiger charge is -2.30. The van der Waals surface area contributed by atoms with E-state index in [0.717, 1.165) is 6.07 Å². The molecule has 2 rings (SSSR count). The maximum atomic E-state index is 12.7. The molecule has 0 aliphatic heterocycles. The summed E-state index contributed by atoms with van der Waals surface area (Å²) < 4.78 is 55.4. The molecule has 8 nitrogen and oxygen atoms in total. The quantitative estimate of drug-likeness (QED) is 0.435. The van der Waals surface area contributed by atoms with Crippen LogP contribution in [0.2, 0.25) is 0 Å². The minimum absolute atomic E-state index is 0.112. The highest BCUT2D eigenvalue weighted by atomic mass is 19.4. The molecule has 1 aliphatic rings. The first-order chi connectivity index (χ1) is 12.6. The fourth-order valence-electron chi connectivity index (χ4n) is 2.88. The number of hydrogen-bond donors (Lipinski definition) is 2. The number of anilines is 1. The van der Waals surface area contributed by atoms with Gasteiger partial charge in [0, 0.05) is 12.1 Å². The largest absolute Gasteiger partial charge is 0.474 e. The van der Waals surface area contributed by atoms with Crippen molar-refractivity contribution < 1.29 is 32.0 Å². The Bertz CT molecular complexity index is 706. The second-order valence-electron chi connectivity index (χ2n) is 6.10. The van der Waals surface area contributed by atoms with Crippen molar-refractivity contribution in [2.75, 3.05) is 19.0 Å². The monoisotopic (exact) mass is 394 g/mol. The van der Waals surface area contributed by atoms with Gasteiger partial charge in [-0.2, -0.15) is 18.2 Å². The van der Waals surface area contributed by atoms with Gasteiger partial charge in [0.05, 0.1) is 10.8 Å². The van der Waals surface area contributed by atoms with E-state index in [4.69, 9.17) is 10.5 Å². The summed E-state index contributed by atoms with van der Waals surface area (Å²) in [5, 5.41) is 13.5. The molecule has 0 unspecified atom stereocenters. The van der Waals surface area contributed by atoms with Crippen LogP contribution in [0, 0.1) is 16.0 Å². The lowest BCUT2D eigenvalue weighted by atomic mass is 9.85. The van der Waals surface area contributed by atoms with Crippen LogP contribution in [-0.2, 0) is 0 Å². The zero-order chi connectivity index (χ0) is 20.2. The molecule has 1 saturated carbocycles. The summed E-state index contributed by atoms with van der Waals surface area (Å²) in [4.78, 5) is 26.2. The van der Waals surface area contributed by atoms with Gasteiger partial charge < -0.3 is 15.8 Å². The number of rotatable bonds is 6. The van der Waals surface area contributed by atoms with Gasteiger partial charge in [-0.1, -0.05) is 0 Å². The molecule has 1 aromatic heterocycles. The Labute approximate surface area is 151 Å². The van der Waals surface area contributed by atoms with Crippen molar-refractivity contribution in [2.45, 2.75) is 37.9 Å². The maximum absolute atomic E-state index is 12.7. The maximum Gasteiger partial charge on any atom is 0.391 e. The number of alkyl halides is 4. The third kappa shape index (κ3) is 5.17. The molecule has 1 heterocycles. The van der Waals surface area contributed by atoms with Crippen LogP contribution in [0.1, 0.15) is 36.0 Å². The topological polar surface area (TPSA) is 120 Å². The number of carbonyl (C=O) groups excluding carboxylic acids is 1. The predicted molar refractivity (Wildman–Crippen MR) is 86.0 cm³/mol. The number of halogens is 4. The first-order valence-corrected chi connectivity index (χ1v) is 8.14. The van der Waals surface area contributed by atoms with Gasteiger partial charge in [-0.05, 0) is 25.7 Å². The van der Waals surface area contributed by atoms with Crippen LogP contribution < -0.4 is 15.8 Å². The number of pyridine rings is 1. The lowest BCUT2D eigenvalue weighted by Crippen LogP contribution is -2.40. The average Bonchev–Trinajstić information content (AvgIpc) is 2.59. The molecule has 0 spiro atoms. The van der Waals surface area contributed by atoms with Gasteiger partial charge in [-0.25, -0.2) is 4.39 Å². The summed E-state index contributed by atoms with van der Waals surface area (Å²) in [5.41, 5.74) is 4.48. The summed E-state index contributed by atoms with van der Waals surface area (Å²) in [5.74, 6) is -3.10. The Kier molecular flexibility index (Phi) is 6.39. The summed E-state index contributed by atoms with van der Waals surface area (Å²) >= 11 is 0. The number of nitrogens with two attached hydrogens (primary N) is 1. The molecular weight excluding hydrogens is 376 g/mol. The molecular formula is C15H18F4N4O4. The van der Waals surface area contributed by atoms with E-state index in [2.05, 4.69) is 10.3 Å². The minimum Gasteiger partial charge on any atom is -0.474 e. The van der Waals surface area contributed by atoms with E-state index >= 15 is 0 Å². The molecule has 3 N–H and O–H groups in total. The number of carbonyl (C=O) groups is 1. The van der Waals surface area contributed by atoms with Crippen molar-refractivity contribution in [3.05, 3.63) is 21.7 Å². The van der Waals surface area contributed by atoms with Crippen LogP contribution in [0.5, 0.6) is 5.88 Å². The highest BCUT2D eigenvalue weighted by Crippen LogP contribution is 2.37. The van der Waals surface area contributed by atoms with Crippen LogP contribution in [0.15, 0.2) is 6.07 Å². The number of amides is 1. The van der Waals surface area contributed by atoms with Crippen LogP contribution in [0.25, 0.3) is 0 Å². The lowest BCUT2D eigenvalue weighted by molar-refractivity contribution is -0.384. The molecule has 12 heteroatoms. The van der Waals surface area contributed by atoms with Gasteiger partial charge in [-0.3, -0.25) is 14.9 Å². The van der Waals surface area contributed by atoms with Gasteiger partial charge in [-0.15, -0.1) is 0 Å². The average molecular weight is 394 g/mol. The zero-order valence-corrected chi connectivity index (χ0v) is 14.1. The van der Waals surface area contributed by atoms with Gasteiger partial charge >= 0.3 is 11.9 Å². The van der Waals surface area contributed by atoms with E-state index in [-0.39, 0.29) is 37.1 Å². The summed E-state index contributed by atoms with van der Waals surface area (Å²) in [7, 11) is 0. The molecule has 0 aromatic carbocycles. The van der Waals surface area contributed by atoms with E-state index in [1.165, 1.54) is 0 Å². The Morgan fingerprint density at radius 1 is 1.37 bits per heavy atom. The highest BCUT2D eigenvalue weighted by Gasteiger charge is 2.41. The van der Waals surface area contributed by atoms with Gasteiger partial charge in [0.15, 0.2) is 0 Å². The molecule has 1 amide bonds. The van der Waals surface area contributed by atoms with E-state index in [0.29, 0.717) is 0 Å². The molecule has 1 aliphatic carbocycles. The number of ether oxygens (including phenoxy) is 1. The Balaban J connectivity index is 2.15. The van der Waals surface area contributed by atoms with Gasteiger partial charge in [0.25, 0.3) is 5.91 Å². The summed E-state index contributed by atoms with van der Waals surface area (Å²) in [6, 6.07) is 0.328. The standard InChI is InChI=1S/C15H18F4N4O4/c16-5-6-27-14-10(7-11(23(25)26)12(20)22-14)13(24)21-9-3-1-8(2-4-9)15(17,18)19/h7-9H,1-6H2,(H2,20,22)(H,21,24). The van der Waals surface area contributed by atoms with Crippen LogP contribution in [0.3, 0.4) is 0 Å². The Morgan fingerprint density at radius 3 is 2.52 bits per heavy atom. The summed E-state index contributed by atoms with van der Waals surface area (Å²) in [6.07, 6.45) is -4.30. The van der Waals surface area contributed by atoms with Crippen molar-refractivity contribution in [3.8, 4) is 5.88 Å². The van der Waals surface area contributed by atoms with E-state index in [1.807, 2.05) is 0 Å². The van der Waals surface area contributed by atoms with Crippen LogP contribution in [-0.4, -0.2) is 41.3 Å². The van der Waals surface area contributed by atoms with E-state index in [1.54, 1.807) is 0 Å². The minimum atomic E-state index is -4.27. The molecule has 1 fully saturated rings. The van der Waals surface area contributed by atoms with Gasteiger partial charge in [0.2, 0.25) is 11.7 Å². The second kappa shape index (κ2) is 8.35.